The molecule has 72 valence electrons. The van der Waals surface area contributed by atoms with Crippen LogP contribution in [0.3, 0.4) is 0 Å². The molecule has 0 saturated heterocycles. The van der Waals surface area contributed by atoms with Gasteiger partial charge in [-0.25, -0.2) is 4.98 Å². The molecule has 0 aliphatic heterocycles. The third kappa shape index (κ3) is 1.60. The van der Waals surface area contributed by atoms with E-state index in [9.17, 15) is 0 Å². The van der Waals surface area contributed by atoms with Crippen LogP contribution in [0.2, 0.25) is 0 Å². The van der Waals surface area contributed by atoms with E-state index < -0.39 is 0 Å². The second-order valence-corrected chi connectivity index (χ2v) is 2.84. The summed E-state index contributed by atoms with van der Waals surface area (Å²) in [5, 5.41) is 3.74. The van der Waals surface area contributed by atoms with Crippen molar-refractivity contribution in [2.45, 2.75) is 13.0 Å². The van der Waals surface area contributed by atoms with Gasteiger partial charge in [-0.3, -0.25) is 4.98 Å². The molecule has 1 unspecified atom stereocenters. The highest BCUT2D eigenvalue weighted by Gasteiger charge is 2.12. The molecule has 0 radical (unpaired) electrons. The molecule has 0 spiro atoms. The Morgan fingerprint density at radius 2 is 2.29 bits per heavy atom. The van der Waals surface area contributed by atoms with Gasteiger partial charge in [0.25, 0.3) is 0 Å². The van der Waals surface area contributed by atoms with Gasteiger partial charge in [-0.2, -0.15) is 4.98 Å². The van der Waals surface area contributed by atoms with E-state index in [-0.39, 0.29) is 6.04 Å². The predicted octanol–water partition coefficient (Wildman–Crippen LogP) is 0.546. The molecule has 0 amide bonds. The highest BCUT2D eigenvalue weighted by atomic mass is 16.5. The molecule has 1 atom stereocenters. The normalized spacial score (nSPS) is 12.7. The molecular formula is C8H9N5O. The van der Waals surface area contributed by atoms with Crippen molar-refractivity contribution in [3.8, 4) is 11.5 Å². The molecule has 2 N–H and O–H groups in total. The van der Waals surface area contributed by atoms with E-state index in [1.165, 1.54) is 0 Å². The Bertz CT molecular complexity index is 411. The van der Waals surface area contributed by atoms with Gasteiger partial charge < -0.3 is 10.3 Å². The van der Waals surface area contributed by atoms with Crippen LogP contribution in [0.15, 0.2) is 23.1 Å². The van der Waals surface area contributed by atoms with Crippen molar-refractivity contribution in [3.05, 3.63) is 24.5 Å². The summed E-state index contributed by atoms with van der Waals surface area (Å²) in [6, 6.07) is -0.270. The lowest BCUT2D eigenvalue weighted by Gasteiger charge is -1.93. The fraction of sp³-hybridized carbons (Fsp3) is 0.250. The number of hydrogen-bond donors (Lipinski definition) is 1. The van der Waals surface area contributed by atoms with Crippen LogP contribution in [0, 0.1) is 0 Å². The van der Waals surface area contributed by atoms with Gasteiger partial charge in [0.05, 0.1) is 12.2 Å². The van der Waals surface area contributed by atoms with Gasteiger partial charge in [-0.15, -0.1) is 0 Å². The second kappa shape index (κ2) is 3.51. The molecule has 6 nitrogen and oxygen atoms in total. The first-order chi connectivity index (χ1) is 6.77. The van der Waals surface area contributed by atoms with Gasteiger partial charge in [0.15, 0.2) is 0 Å². The zero-order valence-electron chi connectivity index (χ0n) is 7.58. The zero-order valence-corrected chi connectivity index (χ0v) is 7.58. The minimum atomic E-state index is -0.270. The van der Waals surface area contributed by atoms with Gasteiger partial charge in [0.2, 0.25) is 11.7 Å². The summed E-state index contributed by atoms with van der Waals surface area (Å²) in [6.07, 6.45) is 4.71. The van der Waals surface area contributed by atoms with Crippen LogP contribution in [0.5, 0.6) is 0 Å². The Morgan fingerprint density at radius 1 is 1.43 bits per heavy atom. The predicted molar refractivity (Wildman–Crippen MR) is 47.9 cm³/mol. The average molecular weight is 191 g/mol. The van der Waals surface area contributed by atoms with Gasteiger partial charge in [-0.1, -0.05) is 5.16 Å². The Balaban J connectivity index is 2.34. The van der Waals surface area contributed by atoms with Crippen molar-refractivity contribution >= 4 is 0 Å². The molecule has 2 aromatic heterocycles. The van der Waals surface area contributed by atoms with Gasteiger partial charge in [0.1, 0.15) is 5.69 Å². The fourth-order valence-electron chi connectivity index (χ4n) is 0.939. The maximum Gasteiger partial charge on any atom is 0.243 e. The molecule has 2 rings (SSSR count). The standard InChI is InChI=1S/C8H9N5O/c1-5(9)8-12-7(13-14-8)6-4-10-2-3-11-6/h2-5H,9H2,1H3. The first-order valence-electron chi connectivity index (χ1n) is 4.13. The quantitative estimate of drug-likeness (QED) is 0.745. The summed E-state index contributed by atoms with van der Waals surface area (Å²) < 4.78 is 4.93. The van der Waals surface area contributed by atoms with Crippen molar-refractivity contribution in [2.24, 2.45) is 5.73 Å². The Labute approximate surface area is 80.2 Å². The number of nitrogens with two attached hydrogens (primary N) is 1. The highest BCUT2D eigenvalue weighted by Crippen LogP contribution is 2.13. The summed E-state index contributed by atoms with van der Waals surface area (Å²) in [4.78, 5) is 12.0. The molecule has 0 bridgehead atoms. The van der Waals surface area contributed by atoms with Crippen LogP contribution in [0.4, 0.5) is 0 Å². The Morgan fingerprint density at radius 3 is 2.86 bits per heavy atom. The lowest BCUT2D eigenvalue weighted by atomic mass is 10.3. The Hall–Kier alpha value is -1.82. The molecular weight excluding hydrogens is 182 g/mol. The monoisotopic (exact) mass is 191 g/mol. The summed E-state index contributed by atoms with van der Waals surface area (Å²) in [5.41, 5.74) is 6.15. The molecule has 0 fully saturated rings. The van der Waals surface area contributed by atoms with Crippen molar-refractivity contribution < 1.29 is 4.52 Å². The van der Waals surface area contributed by atoms with Gasteiger partial charge in [0, 0.05) is 12.4 Å². The summed E-state index contributed by atoms with van der Waals surface area (Å²) in [7, 11) is 0. The van der Waals surface area contributed by atoms with E-state index in [0.29, 0.717) is 17.4 Å². The van der Waals surface area contributed by atoms with E-state index >= 15 is 0 Å². The summed E-state index contributed by atoms with van der Waals surface area (Å²) >= 11 is 0. The van der Waals surface area contributed by atoms with Gasteiger partial charge in [-0.05, 0) is 6.92 Å². The highest BCUT2D eigenvalue weighted by molar-refractivity contribution is 5.45. The van der Waals surface area contributed by atoms with Crippen LogP contribution in [0.1, 0.15) is 18.9 Å². The molecule has 0 aliphatic rings. The molecule has 0 saturated carbocycles. The fourth-order valence-corrected chi connectivity index (χ4v) is 0.939. The van der Waals surface area contributed by atoms with Gasteiger partial charge >= 0.3 is 0 Å². The van der Waals surface area contributed by atoms with Crippen LogP contribution >= 0.6 is 0 Å². The van der Waals surface area contributed by atoms with Crippen molar-refractivity contribution in [3.63, 3.8) is 0 Å². The minimum Gasteiger partial charge on any atom is -0.337 e. The summed E-state index contributed by atoms with van der Waals surface area (Å²) in [6.45, 7) is 1.77. The lowest BCUT2D eigenvalue weighted by Crippen LogP contribution is -2.04. The van der Waals surface area contributed by atoms with Crippen LogP contribution in [-0.2, 0) is 0 Å². The lowest BCUT2D eigenvalue weighted by molar-refractivity contribution is 0.362. The summed E-state index contributed by atoms with van der Waals surface area (Å²) in [5.74, 6) is 0.802. The van der Waals surface area contributed by atoms with Crippen LogP contribution in [-0.4, -0.2) is 20.1 Å². The SMILES string of the molecule is CC(N)c1nc(-c2cnccn2)no1. The zero-order chi connectivity index (χ0) is 9.97. The van der Waals surface area contributed by atoms with Crippen molar-refractivity contribution in [1.29, 1.82) is 0 Å². The minimum absolute atomic E-state index is 0.270. The third-order valence-corrected chi connectivity index (χ3v) is 1.62. The number of rotatable bonds is 2. The molecule has 2 aromatic rings. The molecule has 0 aromatic carbocycles. The van der Waals surface area contributed by atoms with E-state index in [0.717, 1.165) is 0 Å². The molecule has 14 heavy (non-hydrogen) atoms. The van der Waals surface area contributed by atoms with E-state index in [4.69, 9.17) is 10.3 Å². The topological polar surface area (TPSA) is 90.7 Å². The van der Waals surface area contributed by atoms with E-state index in [1.54, 1.807) is 25.5 Å². The first-order valence-corrected chi connectivity index (χ1v) is 4.13. The average Bonchev–Trinajstić information content (AvgIpc) is 2.68. The molecule has 6 heteroatoms. The number of nitrogens with zero attached hydrogens (tertiary/aromatic N) is 4. The second-order valence-electron chi connectivity index (χ2n) is 2.84. The van der Waals surface area contributed by atoms with E-state index in [2.05, 4.69) is 20.1 Å². The maximum atomic E-state index is 5.57. The first kappa shape index (κ1) is 8.76. The number of hydrogen-bond acceptors (Lipinski definition) is 6. The molecule has 0 aliphatic carbocycles. The maximum absolute atomic E-state index is 5.57. The largest absolute Gasteiger partial charge is 0.337 e. The van der Waals surface area contributed by atoms with Crippen molar-refractivity contribution in [2.75, 3.05) is 0 Å². The smallest absolute Gasteiger partial charge is 0.243 e. The number of aromatic nitrogens is 4. The Kier molecular flexibility index (Phi) is 2.19. The molecule has 2 heterocycles. The van der Waals surface area contributed by atoms with Crippen LogP contribution < -0.4 is 5.73 Å². The van der Waals surface area contributed by atoms with Crippen molar-refractivity contribution in [1.82, 2.24) is 20.1 Å². The van der Waals surface area contributed by atoms with E-state index in [1.807, 2.05) is 0 Å². The third-order valence-electron chi connectivity index (χ3n) is 1.62. The van der Waals surface area contributed by atoms with Crippen LogP contribution in [0.25, 0.3) is 11.5 Å².